The third-order valence-corrected chi connectivity index (χ3v) is 4.22. The van der Waals surface area contributed by atoms with Crippen LogP contribution in [0.15, 0.2) is 79.1 Å². The molecule has 5 nitrogen and oxygen atoms in total. The molecule has 1 heterocycles. The summed E-state index contributed by atoms with van der Waals surface area (Å²) in [4.78, 5) is 28.4. The van der Waals surface area contributed by atoms with E-state index in [9.17, 15) is 9.59 Å². The van der Waals surface area contributed by atoms with Gasteiger partial charge in [-0.2, -0.15) is 0 Å². The zero-order valence-corrected chi connectivity index (χ0v) is 15.0. The maximum Gasteiger partial charge on any atom is 0.328 e. The first kappa shape index (κ1) is 18.3. The van der Waals surface area contributed by atoms with Gasteiger partial charge >= 0.3 is 5.97 Å². The summed E-state index contributed by atoms with van der Waals surface area (Å²) in [5.74, 6) is -0.848. The topological polar surface area (TPSA) is 68.3 Å². The Morgan fingerprint density at radius 3 is 2.30 bits per heavy atom. The van der Waals surface area contributed by atoms with Gasteiger partial charge in [-0.15, -0.1) is 0 Å². The molecule has 0 spiro atoms. The Hall–Kier alpha value is -3.47. The number of amides is 1. The van der Waals surface area contributed by atoms with E-state index in [4.69, 9.17) is 4.74 Å². The second-order valence-electron chi connectivity index (χ2n) is 6.06. The summed E-state index contributed by atoms with van der Waals surface area (Å²) in [5, 5.41) is 2.73. The predicted molar refractivity (Wildman–Crippen MR) is 103 cm³/mol. The van der Waals surface area contributed by atoms with Crippen LogP contribution in [0.2, 0.25) is 0 Å². The van der Waals surface area contributed by atoms with Crippen LogP contribution in [-0.4, -0.2) is 30.0 Å². The molecule has 0 aliphatic heterocycles. The van der Waals surface area contributed by atoms with Crippen molar-refractivity contribution in [1.82, 2.24) is 10.3 Å². The third kappa shape index (κ3) is 4.79. The number of hydrogen-bond acceptors (Lipinski definition) is 4. The highest BCUT2D eigenvalue weighted by Crippen LogP contribution is 2.20. The number of carbonyl (C=O) groups excluding carboxylic acids is 2. The summed E-state index contributed by atoms with van der Waals surface area (Å²) >= 11 is 0. The minimum atomic E-state index is -0.773. The molecule has 0 radical (unpaired) electrons. The van der Waals surface area contributed by atoms with Gasteiger partial charge in [-0.3, -0.25) is 9.78 Å². The number of benzene rings is 2. The number of hydrogen-bond donors (Lipinski definition) is 1. The molecule has 0 aliphatic rings. The normalized spacial score (nSPS) is 11.4. The van der Waals surface area contributed by atoms with Crippen molar-refractivity contribution in [2.24, 2.45) is 0 Å². The summed E-state index contributed by atoms with van der Waals surface area (Å²) in [7, 11) is 1.31. The van der Waals surface area contributed by atoms with Gasteiger partial charge in [0.05, 0.1) is 12.7 Å². The van der Waals surface area contributed by atoms with Crippen LogP contribution >= 0.6 is 0 Å². The molecular formula is C22H20N2O3. The van der Waals surface area contributed by atoms with Crippen molar-refractivity contribution in [3.8, 4) is 11.1 Å². The molecule has 3 aromatic rings. The van der Waals surface area contributed by atoms with Gasteiger partial charge in [0.1, 0.15) is 6.04 Å². The molecule has 1 atom stereocenters. The zero-order chi connectivity index (χ0) is 19.1. The van der Waals surface area contributed by atoms with Crippen molar-refractivity contribution in [2.75, 3.05) is 7.11 Å². The first-order valence-electron chi connectivity index (χ1n) is 8.60. The third-order valence-electron chi connectivity index (χ3n) is 4.22. The molecule has 2 aromatic carbocycles. The lowest BCUT2D eigenvalue weighted by Crippen LogP contribution is -2.43. The lowest BCUT2D eigenvalue weighted by molar-refractivity contribution is -0.142. The average molecular weight is 360 g/mol. The van der Waals surface area contributed by atoms with Crippen LogP contribution in [0, 0.1) is 0 Å². The molecule has 3 rings (SSSR count). The Bertz CT molecular complexity index is 894. The highest BCUT2D eigenvalue weighted by atomic mass is 16.5. The Morgan fingerprint density at radius 2 is 1.67 bits per heavy atom. The molecule has 1 aromatic heterocycles. The first-order chi connectivity index (χ1) is 13.2. The molecular weight excluding hydrogens is 340 g/mol. The molecule has 0 saturated carbocycles. The van der Waals surface area contributed by atoms with Crippen molar-refractivity contribution in [2.45, 2.75) is 12.5 Å². The van der Waals surface area contributed by atoms with Crippen molar-refractivity contribution in [3.05, 3.63) is 90.3 Å². The van der Waals surface area contributed by atoms with E-state index < -0.39 is 12.0 Å². The Morgan fingerprint density at radius 1 is 0.963 bits per heavy atom. The summed E-state index contributed by atoms with van der Waals surface area (Å²) in [6, 6.07) is 20.5. The van der Waals surface area contributed by atoms with Crippen LogP contribution in [0.5, 0.6) is 0 Å². The number of methoxy groups -OCH3 is 1. The van der Waals surface area contributed by atoms with Crippen molar-refractivity contribution in [3.63, 3.8) is 0 Å². The standard InChI is InChI=1S/C22H20N2O3/c1-27-22(26)20(24-21(25)19-8-5-13-23-15-19)14-16-9-11-18(12-10-16)17-6-3-2-4-7-17/h2-13,15,20H,14H2,1H3,(H,24,25)/t20-/m0/s1. The van der Waals surface area contributed by atoms with E-state index in [2.05, 4.69) is 10.3 Å². The fourth-order valence-corrected chi connectivity index (χ4v) is 2.77. The van der Waals surface area contributed by atoms with Crippen LogP contribution in [0.3, 0.4) is 0 Å². The van der Waals surface area contributed by atoms with E-state index in [1.807, 2.05) is 54.6 Å². The van der Waals surface area contributed by atoms with Gasteiger partial charge in [0.25, 0.3) is 5.91 Å². The molecule has 0 bridgehead atoms. The largest absolute Gasteiger partial charge is 0.467 e. The number of carbonyl (C=O) groups is 2. The highest BCUT2D eigenvalue weighted by molar-refractivity contribution is 5.96. The van der Waals surface area contributed by atoms with Gasteiger partial charge in [0.2, 0.25) is 0 Å². The molecule has 1 N–H and O–H groups in total. The Kier molecular flexibility index (Phi) is 5.94. The Labute approximate surface area is 158 Å². The highest BCUT2D eigenvalue weighted by Gasteiger charge is 2.22. The maximum absolute atomic E-state index is 12.3. The van der Waals surface area contributed by atoms with Gasteiger partial charge in [-0.1, -0.05) is 54.6 Å². The molecule has 0 fully saturated rings. The number of nitrogens with one attached hydrogen (secondary N) is 1. The van der Waals surface area contributed by atoms with Crippen molar-refractivity contribution < 1.29 is 14.3 Å². The van der Waals surface area contributed by atoms with Crippen molar-refractivity contribution >= 4 is 11.9 Å². The number of ether oxygens (including phenoxy) is 1. The van der Waals surface area contributed by atoms with Crippen LogP contribution in [0.1, 0.15) is 15.9 Å². The molecule has 5 heteroatoms. The molecule has 1 amide bonds. The second-order valence-corrected chi connectivity index (χ2v) is 6.06. The molecule has 0 saturated heterocycles. The minimum Gasteiger partial charge on any atom is -0.467 e. The number of nitrogens with zero attached hydrogens (tertiary/aromatic N) is 1. The number of aromatic nitrogens is 1. The van der Waals surface area contributed by atoms with E-state index in [-0.39, 0.29) is 5.91 Å². The first-order valence-corrected chi connectivity index (χ1v) is 8.60. The van der Waals surface area contributed by atoms with Gasteiger partial charge in [-0.25, -0.2) is 4.79 Å². The predicted octanol–water partition coefficient (Wildman–Crippen LogP) is 3.26. The maximum atomic E-state index is 12.3. The monoisotopic (exact) mass is 360 g/mol. The van der Waals surface area contributed by atoms with Crippen LogP contribution < -0.4 is 5.32 Å². The van der Waals surface area contributed by atoms with Crippen LogP contribution in [0.25, 0.3) is 11.1 Å². The summed E-state index contributed by atoms with van der Waals surface area (Å²) in [6.45, 7) is 0. The molecule has 27 heavy (non-hydrogen) atoms. The van der Waals surface area contributed by atoms with Gasteiger partial charge < -0.3 is 10.1 Å². The van der Waals surface area contributed by atoms with E-state index >= 15 is 0 Å². The van der Waals surface area contributed by atoms with E-state index in [1.165, 1.54) is 13.3 Å². The SMILES string of the molecule is COC(=O)[C@H](Cc1ccc(-c2ccccc2)cc1)NC(=O)c1cccnc1. The zero-order valence-electron chi connectivity index (χ0n) is 15.0. The van der Waals surface area contributed by atoms with Crippen molar-refractivity contribution in [1.29, 1.82) is 0 Å². The number of esters is 1. The quantitative estimate of drug-likeness (QED) is 0.685. The van der Waals surface area contributed by atoms with Crippen LogP contribution in [-0.2, 0) is 16.0 Å². The minimum absolute atomic E-state index is 0.341. The molecule has 0 aliphatic carbocycles. The summed E-state index contributed by atoms with van der Waals surface area (Å²) < 4.78 is 4.85. The Balaban J connectivity index is 1.73. The fraction of sp³-hybridized carbons (Fsp3) is 0.136. The van der Waals surface area contributed by atoms with E-state index in [0.717, 1.165) is 16.7 Å². The van der Waals surface area contributed by atoms with E-state index in [1.54, 1.807) is 18.3 Å². The fourth-order valence-electron chi connectivity index (χ4n) is 2.77. The smallest absolute Gasteiger partial charge is 0.328 e. The lowest BCUT2D eigenvalue weighted by atomic mass is 10.0. The molecule has 136 valence electrons. The van der Waals surface area contributed by atoms with Gasteiger partial charge in [0.15, 0.2) is 0 Å². The lowest BCUT2D eigenvalue weighted by Gasteiger charge is -2.17. The van der Waals surface area contributed by atoms with E-state index in [0.29, 0.717) is 12.0 Å². The molecule has 0 unspecified atom stereocenters. The number of pyridine rings is 1. The van der Waals surface area contributed by atoms with Crippen LogP contribution in [0.4, 0.5) is 0 Å². The van der Waals surface area contributed by atoms with Gasteiger partial charge in [0, 0.05) is 18.8 Å². The number of rotatable bonds is 6. The van der Waals surface area contributed by atoms with Gasteiger partial charge in [-0.05, 0) is 28.8 Å². The average Bonchev–Trinajstić information content (AvgIpc) is 2.74. The summed E-state index contributed by atoms with van der Waals surface area (Å²) in [6.07, 6.45) is 3.38. The second kappa shape index (κ2) is 8.76. The summed E-state index contributed by atoms with van der Waals surface area (Å²) in [5.41, 5.74) is 3.54.